The minimum absolute atomic E-state index is 0.0295. The van der Waals surface area contributed by atoms with E-state index in [9.17, 15) is 23.0 Å². The highest BCUT2D eigenvalue weighted by atomic mass is 27.3. The number of hydrogen-bond acceptors (Lipinski definition) is 10. The molecule has 6 rings (SSSR count). The fourth-order valence-corrected chi connectivity index (χ4v) is 8.62. The average molecular weight is 799 g/mol. The summed E-state index contributed by atoms with van der Waals surface area (Å²) in [5.74, 6) is -1.37. The maximum absolute atomic E-state index is 14.0. The van der Waals surface area contributed by atoms with E-state index in [2.05, 4.69) is 90.4 Å². The number of benzene rings is 3. The van der Waals surface area contributed by atoms with E-state index >= 15 is 0 Å². The van der Waals surface area contributed by atoms with E-state index in [0.29, 0.717) is 45.8 Å². The van der Waals surface area contributed by atoms with Crippen molar-refractivity contribution < 1.29 is 35.3 Å². The van der Waals surface area contributed by atoms with Crippen LogP contribution in [0.5, 0.6) is 5.75 Å². The summed E-state index contributed by atoms with van der Waals surface area (Å²) in [4.78, 5) is 45.1. The zero-order chi connectivity index (χ0) is 40.1. The number of fused-ring (bicyclic) bond motifs is 3. The van der Waals surface area contributed by atoms with E-state index in [1.54, 1.807) is 0 Å². The number of unbranched alkanes of at least 4 members (excludes halogenated alkanes) is 2. The number of ether oxygens (including phenoxy) is 1. The van der Waals surface area contributed by atoms with Crippen molar-refractivity contribution in [2.75, 3.05) is 72.1 Å². The van der Waals surface area contributed by atoms with Gasteiger partial charge in [0.2, 0.25) is 0 Å². The Bertz CT molecular complexity index is 1830. The van der Waals surface area contributed by atoms with Crippen LogP contribution in [0.2, 0.25) is 0 Å². The molecule has 3 atom stereocenters. The second kappa shape index (κ2) is 21.1. The van der Waals surface area contributed by atoms with Crippen LogP contribution in [0.25, 0.3) is 23.3 Å². The first-order valence-corrected chi connectivity index (χ1v) is 21.8. The molecule has 3 aliphatic rings. The number of hydrogen-bond donors (Lipinski definition) is 1. The molecular formula is C44H56AlFN4O7. The van der Waals surface area contributed by atoms with Gasteiger partial charge >= 0.3 is 21.2 Å². The molecular weight excluding hydrogens is 742 g/mol. The average Bonchev–Trinajstić information content (AvgIpc) is 3.26. The topological polar surface area (TPSA) is 112 Å². The lowest BCUT2D eigenvalue weighted by atomic mass is 9.95. The predicted octanol–water partition coefficient (Wildman–Crippen LogP) is 6.10. The van der Waals surface area contributed by atoms with Crippen molar-refractivity contribution in [2.45, 2.75) is 65.0 Å². The van der Waals surface area contributed by atoms with Crippen LogP contribution < -0.4 is 4.74 Å². The van der Waals surface area contributed by atoms with E-state index in [1.165, 1.54) is 16.7 Å². The molecule has 3 aromatic rings. The van der Waals surface area contributed by atoms with Crippen LogP contribution >= 0.6 is 0 Å². The molecule has 0 spiro atoms. The van der Waals surface area contributed by atoms with Gasteiger partial charge in [-0.2, -0.15) is 0 Å². The SMILES string of the molecule is Cc1cc(CN2CCCC[C@H]2C(=O)O)c(OCCCCCN2CCN3CCN(CC2)CC(=O)[O][Al]([F])[O]C(=O)C3)cc1/C=C/c1cccc(-c2ccccc2)c1C. The summed E-state index contributed by atoms with van der Waals surface area (Å²) in [7, 11) is 0. The van der Waals surface area contributed by atoms with E-state index in [1.807, 2.05) is 15.9 Å². The van der Waals surface area contributed by atoms with Crippen LogP contribution in [-0.2, 0) is 28.5 Å². The van der Waals surface area contributed by atoms with E-state index in [-0.39, 0.29) is 13.1 Å². The minimum Gasteiger partial charge on any atom is -0.558 e. The summed E-state index contributed by atoms with van der Waals surface area (Å²) in [6.45, 7) is 10.8. The second-order valence-electron chi connectivity index (χ2n) is 15.4. The molecule has 13 heteroatoms. The van der Waals surface area contributed by atoms with Gasteiger partial charge in [0.15, 0.2) is 0 Å². The van der Waals surface area contributed by atoms with Crippen LogP contribution in [0.3, 0.4) is 0 Å². The van der Waals surface area contributed by atoms with Crippen LogP contribution in [0.1, 0.15) is 66.3 Å². The number of aryl methyl sites for hydroxylation is 1. The van der Waals surface area contributed by atoms with Crippen molar-refractivity contribution in [2.24, 2.45) is 0 Å². The zero-order valence-electron chi connectivity index (χ0n) is 33.4. The molecule has 3 aliphatic heterocycles. The molecule has 11 nitrogen and oxygen atoms in total. The summed E-state index contributed by atoms with van der Waals surface area (Å²) in [5, 5.41) is 9.99. The number of carboxylic acids is 1. The molecule has 57 heavy (non-hydrogen) atoms. The zero-order valence-corrected chi connectivity index (χ0v) is 34.5. The Balaban J connectivity index is 1.10. The number of aliphatic carboxylic acids is 1. The van der Waals surface area contributed by atoms with Gasteiger partial charge in [0.05, 0.1) is 19.7 Å². The molecule has 3 heterocycles. The van der Waals surface area contributed by atoms with Gasteiger partial charge in [-0.15, -0.1) is 0 Å². The molecule has 3 fully saturated rings. The number of rotatable bonds is 13. The van der Waals surface area contributed by atoms with Crippen molar-refractivity contribution in [3.8, 4) is 16.9 Å². The van der Waals surface area contributed by atoms with Gasteiger partial charge in [-0.25, -0.2) is 0 Å². The lowest BCUT2D eigenvalue weighted by Gasteiger charge is -2.33. The first kappa shape index (κ1) is 42.5. The van der Waals surface area contributed by atoms with Gasteiger partial charge < -0.3 is 25.8 Å². The number of halogens is 1. The molecule has 2 bridgehead atoms. The lowest BCUT2D eigenvalue weighted by molar-refractivity contribution is -0.145. The molecule has 0 saturated carbocycles. The quantitative estimate of drug-likeness (QED) is 0.123. The van der Waals surface area contributed by atoms with Crippen LogP contribution in [0.15, 0.2) is 60.7 Å². The molecule has 3 aromatic carbocycles. The molecule has 0 amide bonds. The van der Waals surface area contributed by atoms with Crippen molar-refractivity contribution in [1.82, 2.24) is 19.6 Å². The van der Waals surface area contributed by atoms with Crippen LogP contribution in [0, 0.1) is 13.8 Å². The van der Waals surface area contributed by atoms with Crippen LogP contribution in [-0.4, -0.2) is 136 Å². The second-order valence-corrected chi connectivity index (χ2v) is 16.4. The van der Waals surface area contributed by atoms with Gasteiger partial charge in [0, 0.05) is 51.4 Å². The Labute approximate surface area is 341 Å². The maximum atomic E-state index is 14.0. The largest absolute Gasteiger partial charge is 1.15 e. The van der Waals surface area contributed by atoms with E-state index in [0.717, 1.165) is 86.3 Å². The summed E-state index contributed by atoms with van der Waals surface area (Å²) < 4.78 is 30.1. The highest BCUT2D eigenvalue weighted by Crippen LogP contribution is 2.31. The van der Waals surface area contributed by atoms with Crippen molar-refractivity contribution in [1.29, 1.82) is 0 Å². The Morgan fingerprint density at radius 2 is 1.53 bits per heavy atom. The van der Waals surface area contributed by atoms with Crippen molar-refractivity contribution in [3.63, 3.8) is 0 Å². The number of nitrogens with zero attached hydrogens (tertiary/aromatic N) is 4. The summed E-state index contributed by atoms with van der Waals surface area (Å²) in [5.41, 5.74) is 7.92. The molecule has 1 N–H and O–H groups in total. The lowest BCUT2D eigenvalue weighted by Crippen LogP contribution is -2.44. The van der Waals surface area contributed by atoms with Crippen molar-refractivity contribution in [3.05, 3.63) is 88.5 Å². The number of piperidine rings is 1. The number of likely N-dealkylation sites (tertiary alicyclic amines) is 1. The Morgan fingerprint density at radius 1 is 0.842 bits per heavy atom. The van der Waals surface area contributed by atoms with Crippen LogP contribution in [0.4, 0.5) is 3.52 Å². The highest BCUT2D eigenvalue weighted by molar-refractivity contribution is 6.41. The van der Waals surface area contributed by atoms with Gasteiger partial charge in [0.1, 0.15) is 11.8 Å². The van der Waals surface area contributed by atoms with Gasteiger partial charge in [-0.3, -0.25) is 29.1 Å². The van der Waals surface area contributed by atoms with Gasteiger partial charge in [-0.05, 0) is 98.5 Å². The van der Waals surface area contributed by atoms with Gasteiger partial charge in [-0.1, -0.05) is 73.2 Å². The van der Waals surface area contributed by atoms with E-state index < -0.39 is 39.2 Å². The molecule has 2 unspecified atom stereocenters. The number of carbonyl (C=O) groups excluding carboxylic acids is 2. The summed E-state index contributed by atoms with van der Waals surface area (Å²) >= 11 is -3.83. The molecule has 0 aliphatic carbocycles. The summed E-state index contributed by atoms with van der Waals surface area (Å²) in [6, 6.07) is 20.6. The third-order valence-electron chi connectivity index (χ3n) is 11.4. The third kappa shape index (κ3) is 12.5. The minimum atomic E-state index is -3.83. The fourth-order valence-electron chi connectivity index (χ4n) is 8.01. The highest BCUT2D eigenvalue weighted by Gasteiger charge is 2.42. The standard InChI is InChI=1S/C44H58N4O7.Al.FH/c1-33-28-38(30-48-20-9-7-16-40(48)44(53)54)41(29-37(33)18-17-35-14-11-15-39(34(35)2)36-12-5-3-6-13-36)55-27-10-4-8-19-45-21-23-46(31-42(49)50)25-26-47(24-22-45)32-43(51)52;;/h3,5-6,11-15,17-18,28-29,40H,4,7-10,16,19-27,30-32H2,1-2H3,(H,49,50)(H,51,52)(H,53,54);;1H/q;+3;/p-3/b18-17+;;/t40-;;/m0../s1. The Hall–Kier alpha value is -4.09. The normalized spacial score (nSPS) is 21.6. The fraction of sp³-hybridized carbons (Fsp3) is 0.477. The number of carbonyl (C=O) groups is 3. The van der Waals surface area contributed by atoms with Gasteiger partial charge in [0.25, 0.3) is 11.9 Å². The number of carboxylic acid groups (broad SMARTS) is 1. The maximum Gasteiger partial charge on any atom is 1.15 e. The van der Waals surface area contributed by atoms with E-state index in [4.69, 9.17) is 12.3 Å². The summed E-state index contributed by atoms with van der Waals surface area (Å²) in [6.07, 6.45) is 9.62. The Morgan fingerprint density at radius 3 is 2.23 bits per heavy atom. The predicted molar refractivity (Wildman–Crippen MR) is 220 cm³/mol. The Kier molecular flexibility index (Phi) is 15.7. The molecule has 0 aromatic heterocycles. The first-order valence-electron chi connectivity index (χ1n) is 20.4. The van der Waals surface area contributed by atoms with Crippen molar-refractivity contribution >= 4 is 45.3 Å². The molecule has 304 valence electrons. The monoisotopic (exact) mass is 798 g/mol. The molecule has 0 radical (unpaired) electrons. The molecule has 3 saturated heterocycles. The smallest absolute Gasteiger partial charge is 0.558 e. The first-order chi connectivity index (χ1) is 27.6. The third-order valence-corrected chi connectivity index (χ3v) is 12.2.